The van der Waals surface area contributed by atoms with Crippen LogP contribution in [-0.2, 0) is 6.42 Å². The molecule has 0 saturated carbocycles. The zero-order valence-electron chi connectivity index (χ0n) is 25.3. The molecule has 4 saturated heterocycles. The molecule has 0 radical (unpaired) electrons. The first-order valence-corrected chi connectivity index (χ1v) is 16.5. The van der Waals surface area contributed by atoms with Crippen LogP contribution < -0.4 is 15.0 Å². The molecule has 0 aliphatic carbocycles. The second-order valence-electron chi connectivity index (χ2n) is 13.6. The van der Waals surface area contributed by atoms with Gasteiger partial charge >= 0.3 is 6.01 Å². The van der Waals surface area contributed by atoms with E-state index in [0.717, 1.165) is 87.9 Å². The number of hydrogen-bond acceptors (Lipinski definition) is 7. The molecule has 5 aliphatic rings. The zero-order chi connectivity index (χ0) is 30.3. The van der Waals surface area contributed by atoms with Crippen LogP contribution in [0.15, 0.2) is 30.3 Å². The Morgan fingerprint density at radius 1 is 1.00 bits per heavy atom. The van der Waals surface area contributed by atoms with Gasteiger partial charge in [0.05, 0.1) is 22.2 Å². The minimum atomic E-state index is -0.557. The molecule has 2 aromatic carbocycles. The second kappa shape index (κ2) is 10.3. The van der Waals surface area contributed by atoms with Crippen molar-refractivity contribution in [2.24, 2.45) is 0 Å². The van der Waals surface area contributed by atoms with E-state index in [-0.39, 0.29) is 34.4 Å². The Morgan fingerprint density at radius 3 is 2.71 bits per heavy atom. The molecular weight excluding hydrogens is 570 g/mol. The molecule has 0 amide bonds. The van der Waals surface area contributed by atoms with Crippen molar-refractivity contribution in [1.29, 1.82) is 0 Å². The largest absolute Gasteiger partial charge is 0.461 e. The van der Waals surface area contributed by atoms with Gasteiger partial charge in [-0.05, 0) is 82.3 Å². The van der Waals surface area contributed by atoms with Gasteiger partial charge in [-0.3, -0.25) is 4.90 Å². The molecule has 0 spiro atoms. The zero-order valence-corrected chi connectivity index (χ0v) is 25.3. The van der Waals surface area contributed by atoms with Crippen molar-refractivity contribution in [2.45, 2.75) is 81.5 Å². The van der Waals surface area contributed by atoms with Crippen LogP contribution in [0.5, 0.6) is 6.01 Å². The highest BCUT2D eigenvalue weighted by Crippen LogP contribution is 2.43. The molecule has 4 fully saturated rings. The van der Waals surface area contributed by atoms with E-state index in [0.29, 0.717) is 41.4 Å². The lowest BCUT2D eigenvalue weighted by molar-refractivity contribution is 0.108. The smallest absolute Gasteiger partial charge is 0.319 e. The fourth-order valence-electron chi connectivity index (χ4n) is 9.16. The van der Waals surface area contributed by atoms with Gasteiger partial charge in [-0.2, -0.15) is 9.97 Å². The van der Waals surface area contributed by atoms with Crippen molar-refractivity contribution in [3.8, 4) is 29.6 Å². The fourth-order valence-corrected chi connectivity index (χ4v) is 9.16. The maximum Gasteiger partial charge on any atom is 0.319 e. The number of hydrogen-bond donors (Lipinski definition) is 1. The summed E-state index contributed by atoms with van der Waals surface area (Å²) in [5.74, 6) is 2.16. The number of terminal acetylenes is 1. The number of aryl methyl sites for hydroxylation is 1. The maximum absolute atomic E-state index is 17.1. The van der Waals surface area contributed by atoms with E-state index >= 15 is 4.39 Å². The SMILES string of the molecule is C#Cc1c(F)ccc2cccc(-c3nc4c5c(nc(OCC67CCCN6CCC7)nc5c3F)N3C[C@H]5CC[C@H](N5)[C@H]3CCC4)c12. The Kier molecular flexibility index (Phi) is 6.30. The lowest BCUT2D eigenvalue weighted by Crippen LogP contribution is -2.58. The molecular formula is C36H36F2N6O. The normalized spacial score (nSPS) is 25.2. The number of anilines is 1. The molecule has 3 atom stereocenters. The van der Waals surface area contributed by atoms with Gasteiger partial charge in [0.15, 0.2) is 5.82 Å². The predicted octanol–water partition coefficient (Wildman–Crippen LogP) is 5.76. The number of rotatable bonds is 4. The van der Waals surface area contributed by atoms with Crippen LogP contribution in [0.4, 0.5) is 14.6 Å². The van der Waals surface area contributed by atoms with Crippen molar-refractivity contribution < 1.29 is 13.5 Å². The summed E-state index contributed by atoms with van der Waals surface area (Å²) in [5.41, 5.74) is 1.69. The highest BCUT2D eigenvalue weighted by molar-refractivity contribution is 6.02. The molecule has 5 aliphatic heterocycles. The van der Waals surface area contributed by atoms with Crippen molar-refractivity contribution >= 4 is 27.5 Å². The van der Waals surface area contributed by atoms with Gasteiger partial charge < -0.3 is 15.0 Å². The van der Waals surface area contributed by atoms with Crippen molar-refractivity contribution in [3.05, 3.63) is 53.2 Å². The van der Waals surface area contributed by atoms with E-state index in [1.165, 1.54) is 6.07 Å². The first kappa shape index (κ1) is 27.4. The van der Waals surface area contributed by atoms with Gasteiger partial charge in [-0.1, -0.05) is 30.2 Å². The molecule has 9 rings (SSSR count). The average molecular weight is 607 g/mol. The quantitative estimate of drug-likeness (QED) is 0.297. The van der Waals surface area contributed by atoms with E-state index in [1.807, 2.05) is 12.1 Å². The van der Waals surface area contributed by atoms with Crippen molar-refractivity contribution in [1.82, 2.24) is 25.2 Å². The molecule has 2 aromatic heterocycles. The molecule has 7 heterocycles. The van der Waals surface area contributed by atoms with Crippen molar-refractivity contribution in [3.63, 3.8) is 0 Å². The van der Waals surface area contributed by atoms with Gasteiger partial charge in [-0.25, -0.2) is 13.8 Å². The number of pyridine rings is 1. The highest BCUT2D eigenvalue weighted by atomic mass is 19.1. The van der Waals surface area contributed by atoms with Gasteiger partial charge in [0.2, 0.25) is 0 Å². The molecule has 7 nitrogen and oxygen atoms in total. The Hall–Kier alpha value is -3.87. The predicted molar refractivity (Wildman–Crippen MR) is 170 cm³/mol. The number of aromatic nitrogens is 3. The molecule has 1 N–H and O–H groups in total. The molecule has 2 bridgehead atoms. The maximum atomic E-state index is 17.1. The van der Waals surface area contributed by atoms with Crippen LogP contribution >= 0.6 is 0 Å². The Bertz CT molecular complexity index is 1900. The minimum absolute atomic E-state index is 0.00632. The topological polar surface area (TPSA) is 66.4 Å². The number of fused-ring (bicyclic) bond motifs is 7. The lowest BCUT2D eigenvalue weighted by Gasteiger charge is -2.43. The summed E-state index contributed by atoms with van der Waals surface area (Å²) in [4.78, 5) is 19.8. The highest BCUT2D eigenvalue weighted by Gasteiger charge is 2.46. The summed E-state index contributed by atoms with van der Waals surface area (Å²) in [6.45, 7) is 3.49. The first-order valence-electron chi connectivity index (χ1n) is 16.5. The number of benzene rings is 2. The van der Waals surface area contributed by atoms with E-state index in [2.05, 4.69) is 21.0 Å². The Labute approximate surface area is 261 Å². The number of piperazine rings is 1. The second-order valence-corrected chi connectivity index (χ2v) is 13.6. The summed E-state index contributed by atoms with van der Waals surface area (Å²) in [7, 11) is 0. The molecule has 4 aromatic rings. The average Bonchev–Trinajstić information content (AvgIpc) is 3.75. The van der Waals surface area contributed by atoms with Crippen LogP contribution in [-0.4, -0.2) is 69.8 Å². The van der Waals surface area contributed by atoms with Gasteiger partial charge in [0.25, 0.3) is 0 Å². The third kappa shape index (κ3) is 4.18. The Morgan fingerprint density at radius 2 is 1.87 bits per heavy atom. The van der Waals surface area contributed by atoms with Gasteiger partial charge in [0.1, 0.15) is 29.5 Å². The first-order chi connectivity index (χ1) is 22.0. The third-order valence-corrected chi connectivity index (χ3v) is 11.2. The summed E-state index contributed by atoms with van der Waals surface area (Å²) < 4.78 is 38.5. The van der Waals surface area contributed by atoms with E-state index in [1.54, 1.807) is 12.1 Å². The monoisotopic (exact) mass is 606 g/mol. The number of ether oxygens (including phenoxy) is 1. The van der Waals surface area contributed by atoms with Gasteiger partial charge in [0, 0.05) is 35.6 Å². The van der Waals surface area contributed by atoms with Crippen LogP contribution in [0.25, 0.3) is 32.9 Å². The number of halogens is 2. The molecule has 230 valence electrons. The lowest BCUT2D eigenvalue weighted by atomic mass is 9.93. The third-order valence-electron chi connectivity index (χ3n) is 11.2. The van der Waals surface area contributed by atoms with Crippen LogP contribution in [0.2, 0.25) is 0 Å². The van der Waals surface area contributed by atoms with Crippen LogP contribution in [0.1, 0.15) is 62.6 Å². The van der Waals surface area contributed by atoms with Crippen LogP contribution in [0.3, 0.4) is 0 Å². The van der Waals surface area contributed by atoms with Gasteiger partial charge in [-0.15, -0.1) is 6.42 Å². The van der Waals surface area contributed by atoms with Crippen LogP contribution in [0, 0.1) is 24.0 Å². The fraction of sp³-hybridized carbons (Fsp3) is 0.472. The summed E-state index contributed by atoms with van der Waals surface area (Å²) in [5, 5.41) is 5.69. The summed E-state index contributed by atoms with van der Waals surface area (Å²) in [6.07, 6.45) is 15.1. The number of nitrogens with one attached hydrogen (secondary N) is 1. The number of nitrogens with zero attached hydrogens (tertiary/aromatic N) is 5. The molecule has 9 heteroatoms. The standard InChI is InChI=1S/C36H36F2N6O/c1-2-23-25(37)13-11-21-7-3-8-24(29(21)23)32-31(38)33-30-27(40-32)9-4-10-28-26-14-12-22(39-26)19-44(28)34(30)42-35(41-33)45-20-36-15-5-17-43(36)18-6-16-36/h1,3,7-8,11,13,22,26,28,39H,4-6,9-10,12,14-20H2/t22-,26+,28-/m1/s1. The van der Waals surface area contributed by atoms with Crippen molar-refractivity contribution in [2.75, 3.05) is 31.1 Å². The molecule has 0 unspecified atom stereocenters. The minimum Gasteiger partial charge on any atom is -0.461 e. The Balaban J connectivity index is 1.25. The summed E-state index contributed by atoms with van der Waals surface area (Å²) in [6, 6.07) is 9.73. The summed E-state index contributed by atoms with van der Waals surface area (Å²) >= 11 is 0. The van der Waals surface area contributed by atoms with E-state index in [9.17, 15) is 4.39 Å². The molecule has 45 heavy (non-hydrogen) atoms. The van der Waals surface area contributed by atoms with E-state index in [4.69, 9.17) is 26.1 Å². The van der Waals surface area contributed by atoms with E-state index < -0.39 is 11.6 Å².